The minimum absolute atomic E-state index is 0.207. The topological polar surface area (TPSA) is 82.2 Å². The molecule has 1 unspecified atom stereocenters. The molecule has 0 bridgehead atoms. The number of likely N-dealkylation sites (N-methyl/N-ethyl adjacent to an activating group) is 2. The molecule has 5 rings (SSSR count). The third kappa shape index (κ3) is 6.09. The molecular weight excluding hydrogens is 516 g/mol. The van der Waals surface area contributed by atoms with Crippen LogP contribution < -0.4 is 10.2 Å². The van der Waals surface area contributed by atoms with Crippen LogP contribution in [0, 0.1) is 0 Å². The summed E-state index contributed by atoms with van der Waals surface area (Å²) in [7, 11) is 2.57. The maximum Gasteiger partial charge on any atom is 0.337 e. The standard InChI is InChI=1S/C33H36N4O4/c1-22-20-37(17-16-35(22)2)21-30(38)36(3)26-13-10-23(11-14-26)18-28(24-8-6-5-7-9-24)31-27-15-12-25(33(40)41-4)19-29(27)34-32(31)39/h5-15,19,22H,16-18,20-21H2,1-4H3,(H,34,39)/b31-28+/i5D,6D,7D,8D,9D,10D,11D,12D,13D,14D,15D,16D2,17D2,19D,20D2,21D2,22D. The first kappa shape index (κ1) is 12.3. The van der Waals surface area contributed by atoms with Gasteiger partial charge >= 0.3 is 5.97 Å². The fourth-order valence-corrected chi connectivity index (χ4v) is 3.74. The minimum atomic E-state index is -3.92. The number of allylic oxidation sites excluding steroid dienone is 1. The van der Waals surface area contributed by atoms with E-state index in [1.54, 1.807) is 0 Å². The van der Waals surface area contributed by atoms with Crippen LogP contribution in [0.4, 0.5) is 11.4 Å². The SMILES string of the molecule is [2H]c1c([2H])c([2H])c(/C(Cc2c([2H])c([2H])c(N(C)C(=O)C([2H])([2H])N3C([2H])([2H])C([2H])([2H])N(C)C([2H])(C)C3([2H])[2H])c([2H])c2[2H])=C2/C(=O)Nc3c([2H])c(C(=O)OC)c([2H])c([2H])c32)c([2H])c1[2H]. The van der Waals surface area contributed by atoms with E-state index in [0.29, 0.717) is 4.90 Å². The normalized spacial score (nSPS) is 31.6. The largest absolute Gasteiger partial charge is 0.465 e. The maximum absolute atomic E-state index is 14.1. The minimum Gasteiger partial charge on any atom is -0.465 e. The van der Waals surface area contributed by atoms with Crippen LogP contribution in [0.5, 0.6) is 0 Å². The number of esters is 1. The molecule has 2 aliphatic heterocycles. The molecule has 41 heavy (non-hydrogen) atoms. The van der Waals surface area contributed by atoms with Gasteiger partial charge in [0, 0.05) is 59.1 Å². The highest BCUT2D eigenvalue weighted by Gasteiger charge is 2.29. The van der Waals surface area contributed by atoms with Gasteiger partial charge in [0.05, 0.1) is 43.9 Å². The van der Waals surface area contributed by atoms with Crippen molar-refractivity contribution in [3.05, 3.63) is 94.8 Å². The number of ether oxygens (including phenoxy) is 1. The Morgan fingerprint density at radius 1 is 1.12 bits per heavy atom. The summed E-state index contributed by atoms with van der Waals surface area (Å²) in [5.74, 6) is -4.34. The third-order valence-electron chi connectivity index (χ3n) is 5.99. The number of rotatable bonds is 7. The molecule has 212 valence electrons. The number of carbonyl (C=O) groups excluding carboxylic acids is 3. The second kappa shape index (κ2) is 12.1. The van der Waals surface area contributed by atoms with Gasteiger partial charge in [-0.25, -0.2) is 4.79 Å². The zero-order valence-electron chi connectivity index (χ0n) is 43.2. The van der Waals surface area contributed by atoms with Crippen LogP contribution in [0.15, 0.2) is 72.5 Å². The smallest absolute Gasteiger partial charge is 0.337 e. The van der Waals surface area contributed by atoms with Crippen molar-refractivity contribution in [1.29, 1.82) is 0 Å². The van der Waals surface area contributed by atoms with Crippen LogP contribution in [0.2, 0.25) is 0 Å². The van der Waals surface area contributed by atoms with E-state index in [1.807, 2.05) is 0 Å². The lowest BCUT2D eigenvalue weighted by Gasteiger charge is -2.37. The summed E-state index contributed by atoms with van der Waals surface area (Å²) in [4.78, 5) is 40.6. The van der Waals surface area contributed by atoms with Crippen LogP contribution in [0.1, 0.15) is 62.8 Å². The Morgan fingerprint density at radius 3 is 2.56 bits per heavy atom. The molecule has 3 aromatic carbocycles. The number of nitrogens with one attached hydrogen (secondary N) is 1. The van der Waals surface area contributed by atoms with E-state index >= 15 is 0 Å². The lowest BCUT2D eigenvalue weighted by molar-refractivity contribution is -0.120. The van der Waals surface area contributed by atoms with Crippen LogP contribution >= 0.6 is 0 Å². The predicted octanol–water partition coefficient (Wildman–Crippen LogP) is 4.18. The van der Waals surface area contributed by atoms with E-state index in [2.05, 4.69) is 10.1 Å². The molecule has 8 heteroatoms. The molecule has 0 aromatic heterocycles. The highest BCUT2D eigenvalue weighted by Crippen LogP contribution is 2.39. The van der Waals surface area contributed by atoms with E-state index in [9.17, 15) is 14.4 Å². The summed E-state index contributed by atoms with van der Waals surface area (Å²) >= 11 is 0. The Labute approximate surface area is 270 Å². The number of amides is 2. The highest BCUT2D eigenvalue weighted by molar-refractivity contribution is 6.37. The molecule has 8 nitrogen and oxygen atoms in total. The number of hydrogen-bond donors (Lipinski definition) is 1. The molecule has 2 aliphatic rings. The van der Waals surface area contributed by atoms with E-state index in [4.69, 9.17) is 28.8 Å². The summed E-state index contributed by atoms with van der Waals surface area (Å²) in [6.45, 7) is -13.6. The third-order valence-corrected chi connectivity index (χ3v) is 5.99. The molecule has 1 atom stereocenters. The van der Waals surface area contributed by atoms with Crippen molar-refractivity contribution in [2.75, 3.05) is 57.4 Å². The zero-order chi connectivity index (χ0) is 47.6. The van der Waals surface area contributed by atoms with Crippen LogP contribution in [-0.2, 0) is 20.7 Å². The van der Waals surface area contributed by atoms with E-state index in [0.717, 1.165) is 28.1 Å². The van der Waals surface area contributed by atoms with Crippen LogP contribution in [0.25, 0.3) is 11.1 Å². The van der Waals surface area contributed by atoms with Gasteiger partial charge < -0.3 is 19.9 Å². The van der Waals surface area contributed by atoms with Crippen molar-refractivity contribution < 1.29 is 47.9 Å². The predicted molar refractivity (Wildman–Crippen MR) is 162 cm³/mol. The number of anilines is 2. The molecule has 1 N–H and O–H groups in total. The summed E-state index contributed by atoms with van der Waals surface area (Å²) < 4.78 is 185. The molecule has 0 saturated carbocycles. The van der Waals surface area contributed by atoms with Crippen molar-refractivity contribution in [2.24, 2.45) is 0 Å². The molecular formula is C33H36N4O4. The van der Waals surface area contributed by atoms with Gasteiger partial charge in [0.15, 0.2) is 0 Å². The maximum atomic E-state index is 14.1. The number of fused-ring (bicyclic) bond motifs is 1. The highest BCUT2D eigenvalue weighted by atomic mass is 16.5. The lowest BCUT2D eigenvalue weighted by Crippen LogP contribution is -2.52. The number of hydrogen-bond acceptors (Lipinski definition) is 6. The number of piperazine rings is 1. The Balaban J connectivity index is 1.78. The summed E-state index contributed by atoms with van der Waals surface area (Å²) in [5, 5.41) is 2.28. The van der Waals surface area contributed by atoms with Crippen LogP contribution in [-0.4, -0.2) is 80.8 Å². The first-order valence-corrected chi connectivity index (χ1v) is 11.9. The van der Waals surface area contributed by atoms with E-state index < -0.39 is 178 Å². The van der Waals surface area contributed by atoms with Crippen LogP contribution in [0.3, 0.4) is 0 Å². The van der Waals surface area contributed by atoms with Gasteiger partial charge in [0.1, 0.15) is 0 Å². The van der Waals surface area contributed by atoms with Gasteiger partial charge in [-0.15, -0.1) is 0 Å². The Bertz CT molecular complexity index is 2460. The fraction of sp³-hybridized carbons (Fsp3) is 0.303. The molecule has 3 aromatic rings. The summed E-state index contributed by atoms with van der Waals surface area (Å²) in [6, 6.07) is -14.2. The Morgan fingerprint density at radius 2 is 1.85 bits per heavy atom. The molecule has 1 saturated heterocycles. The Kier molecular flexibility index (Phi) is 3.63. The number of benzene rings is 3. The first-order valence-electron chi connectivity index (χ1n) is 22.4. The molecule has 1 fully saturated rings. The number of methoxy groups -OCH3 is 1. The van der Waals surface area contributed by atoms with Gasteiger partial charge in [-0.3, -0.25) is 14.5 Å². The monoisotopic (exact) mass is 573 g/mol. The first-order chi connectivity index (χ1) is 28.1. The van der Waals surface area contributed by atoms with Gasteiger partial charge in [0.2, 0.25) is 5.91 Å². The number of carbonyl (C=O) groups is 3. The quantitative estimate of drug-likeness (QED) is 0.338. The molecule has 2 amide bonds. The van der Waals surface area contributed by atoms with Crippen molar-refractivity contribution >= 4 is 40.3 Å². The molecule has 0 radical (unpaired) electrons. The van der Waals surface area contributed by atoms with Gasteiger partial charge in [0.25, 0.3) is 5.91 Å². The van der Waals surface area contributed by atoms with Crippen molar-refractivity contribution in [2.45, 2.75) is 19.4 Å². The van der Waals surface area contributed by atoms with Crippen molar-refractivity contribution in [3.8, 4) is 0 Å². The lowest BCUT2D eigenvalue weighted by atomic mass is 9.90. The van der Waals surface area contributed by atoms with Gasteiger partial charge in [-0.1, -0.05) is 48.3 Å². The molecule has 0 aliphatic carbocycles. The van der Waals surface area contributed by atoms with Crippen molar-refractivity contribution in [3.63, 3.8) is 0 Å². The van der Waals surface area contributed by atoms with E-state index in [1.165, 1.54) is 0 Å². The fourth-order valence-electron chi connectivity index (χ4n) is 3.74. The van der Waals surface area contributed by atoms with E-state index in [-0.39, 0.29) is 4.90 Å². The zero-order valence-corrected chi connectivity index (χ0v) is 22.2. The Hall–Kier alpha value is -4.27. The van der Waals surface area contributed by atoms with Gasteiger partial charge in [-0.2, -0.15) is 0 Å². The second-order valence-corrected chi connectivity index (χ2v) is 8.59. The number of nitrogens with zero attached hydrogens (tertiary/aromatic N) is 3. The average molecular weight is 574 g/mol. The van der Waals surface area contributed by atoms with Crippen molar-refractivity contribution in [1.82, 2.24) is 9.80 Å². The second-order valence-electron chi connectivity index (χ2n) is 8.59. The summed E-state index contributed by atoms with van der Waals surface area (Å²) in [5.41, 5.74) is -5.54. The average Bonchev–Trinajstić information content (AvgIpc) is 3.53. The molecule has 0 spiro atoms. The van der Waals surface area contributed by atoms with Gasteiger partial charge in [-0.05, 0) is 61.3 Å². The summed E-state index contributed by atoms with van der Waals surface area (Å²) in [6.07, 6.45) is -1.03. The molecule has 2 heterocycles.